The van der Waals surface area contributed by atoms with E-state index in [1.54, 1.807) is 20.8 Å². The van der Waals surface area contributed by atoms with Gasteiger partial charge in [-0.15, -0.1) is 0 Å². The molecule has 0 fully saturated rings. The van der Waals surface area contributed by atoms with Gasteiger partial charge in [-0.05, 0) is 23.6 Å². The Bertz CT molecular complexity index is 702. The molecule has 0 aliphatic rings. The second kappa shape index (κ2) is 6.02. The molecule has 0 unspecified atom stereocenters. The Labute approximate surface area is 128 Å². The molecule has 0 radical (unpaired) electrons. The van der Waals surface area contributed by atoms with Crippen molar-refractivity contribution >= 4 is 27.6 Å². The van der Waals surface area contributed by atoms with Crippen molar-refractivity contribution in [2.24, 2.45) is 5.41 Å². The number of benzene rings is 1. The number of carbonyl (C=O) groups is 1. The minimum absolute atomic E-state index is 0.0111. The Kier molecular flexibility index (Phi) is 4.99. The molecule has 0 saturated carbocycles. The number of aliphatic carboxylic acids is 1. The van der Waals surface area contributed by atoms with E-state index < -0.39 is 27.4 Å². The van der Waals surface area contributed by atoms with Crippen LogP contribution in [0.3, 0.4) is 0 Å². The highest BCUT2D eigenvalue weighted by molar-refractivity contribution is 7.89. The van der Waals surface area contributed by atoms with Crippen LogP contribution in [0.5, 0.6) is 0 Å². The van der Waals surface area contributed by atoms with Gasteiger partial charge in [-0.1, -0.05) is 32.4 Å². The number of halogens is 1. The molecule has 0 aliphatic heterocycles. The molecule has 1 rings (SSSR count). The van der Waals surface area contributed by atoms with E-state index in [1.807, 2.05) is 6.07 Å². The molecule has 8 heteroatoms. The highest BCUT2D eigenvalue weighted by Gasteiger charge is 2.35. The molecular formula is C13H15ClN2O4S. The number of sulfonamides is 1. The largest absolute Gasteiger partial charge is 0.480 e. The third kappa shape index (κ3) is 4.17. The van der Waals surface area contributed by atoms with Crippen LogP contribution in [0.4, 0.5) is 0 Å². The van der Waals surface area contributed by atoms with Crippen LogP contribution >= 0.6 is 11.6 Å². The van der Waals surface area contributed by atoms with Crippen molar-refractivity contribution in [3.05, 3.63) is 28.8 Å². The average Bonchev–Trinajstić information content (AvgIpc) is 2.34. The van der Waals surface area contributed by atoms with Crippen molar-refractivity contribution in [1.82, 2.24) is 4.72 Å². The predicted molar refractivity (Wildman–Crippen MR) is 77.4 cm³/mol. The van der Waals surface area contributed by atoms with E-state index in [2.05, 4.69) is 4.72 Å². The first kappa shape index (κ1) is 17.4. The number of rotatable bonds is 4. The Hall–Kier alpha value is -1.62. The molecule has 114 valence electrons. The number of carboxylic acid groups (broad SMARTS) is 1. The summed E-state index contributed by atoms with van der Waals surface area (Å²) in [5.74, 6) is -1.27. The van der Waals surface area contributed by atoms with Gasteiger partial charge in [0, 0.05) is 0 Å². The van der Waals surface area contributed by atoms with Crippen molar-refractivity contribution in [2.75, 3.05) is 0 Å². The van der Waals surface area contributed by atoms with E-state index in [4.69, 9.17) is 22.0 Å². The lowest BCUT2D eigenvalue weighted by atomic mass is 9.88. The SMILES string of the molecule is CC(C)(C)[C@H](NS(=O)(=O)c1ccc(C#N)c(Cl)c1)C(=O)O. The molecule has 0 heterocycles. The quantitative estimate of drug-likeness (QED) is 0.877. The third-order valence-corrected chi connectivity index (χ3v) is 4.49. The summed E-state index contributed by atoms with van der Waals surface area (Å²) in [6, 6.07) is 4.11. The van der Waals surface area contributed by atoms with E-state index >= 15 is 0 Å². The van der Waals surface area contributed by atoms with E-state index in [-0.39, 0.29) is 15.5 Å². The first-order valence-corrected chi connectivity index (χ1v) is 7.80. The predicted octanol–water partition coefficient (Wildman–Crippen LogP) is 1.99. The second-order valence-corrected chi connectivity index (χ2v) is 7.63. The van der Waals surface area contributed by atoms with Gasteiger partial charge < -0.3 is 5.11 Å². The summed E-state index contributed by atoms with van der Waals surface area (Å²) in [7, 11) is -4.06. The summed E-state index contributed by atoms with van der Waals surface area (Å²) in [6.45, 7) is 4.83. The fourth-order valence-electron chi connectivity index (χ4n) is 1.57. The van der Waals surface area contributed by atoms with Gasteiger partial charge in [0.25, 0.3) is 0 Å². The second-order valence-electron chi connectivity index (χ2n) is 5.51. The van der Waals surface area contributed by atoms with Crippen LogP contribution in [-0.4, -0.2) is 25.5 Å². The molecule has 1 aromatic carbocycles. The van der Waals surface area contributed by atoms with Gasteiger partial charge >= 0.3 is 5.97 Å². The van der Waals surface area contributed by atoms with Crippen LogP contribution in [0.1, 0.15) is 26.3 Å². The number of hydrogen-bond acceptors (Lipinski definition) is 4. The maximum absolute atomic E-state index is 12.2. The van der Waals surface area contributed by atoms with Gasteiger partial charge in [-0.3, -0.25) is 4.79 Å². The van der Waals surface area contributed by atoms with Crippen LogP contribution in [0.15, 0.2) is 23.1 Å². The summed E-state index contributed by atoms with van der Waals surface area (Å²) >= 11 is 5.79. The Balaban J connectivity index is 3.21. The number of carboxylic acids is 1. The van der Waals surface area contributed by atoms with E-state index in [0.29, 0.717) is 0 Å². The minimum Gasteiger partial charge on any atom is -0.480 e. The molecule has 0 aliphatic carbocycles. The fourth-order valence-corrected chi connectivity index (χ4v) is 3.28. The van der Waals surface area contributed by atoms with Gasteiger partial charge in [0.15, 0.2) is 0 Å². The van der Waals surface area contributed by atoms with Gasteiger partial charge in [0.2, 0.25) is 10.0 Å². The number of nitriles is 1. The van der Waals surface area contributed by atoms with Gasteiger partial charge in [0.05, 0.1) is 15.5 Å². The minimum atomic E-state index is -4.06. The Morgan fingerprint density at radius 3 is 2.38 bits per heavy atom. The van der Waals surface area contributed by atoms with Crippen LogP contribution < -0.4 is 4.72 Å². The Morgan fingerprint density at radius 2 is 2.00 bits per heavy atom. The standard InChI is InChI=1S/C13H15ClN2O4S/c1-13(2,3)11(12(17)18)16-21(19,20)9-5-4-8(7-15)10(14)6-9/h4-6,11,16H,1-3H3,(H,17,18)/t11-/m1/s1. The Morgan fingerprint density at radius 1 is 1.43 bits per heavy atom. The topological polar surface area (TPSA) is 107 Å². The summed E-state index contributed by atoms with van der Waals surface area (Å²) in [5.41, 5.74) is -0.670. The molecule has 0 saturated heterocycles. The maximum atomic E-state index is 12.2. The van der Waals surface area contributed by atoms with E-state index in [0.717, 1.165) is 6.07 Å². The van der Waals surface area contributed by atoms with Crippen LogP contribution in [0, 0.1) is 16.7 Å². The molecule has 1 aromatic rings. The molecule has 0 spiro atoms. The van der Waals surface area contributed by atoms with Gasteiger partial charge in [-0.25, -0.2) is 8.42 Å². The summed E-state index contributed by atoms with van der Waals surface area (Å²) in [5, 5.41) is 17.9. The van der Waals surface area contributed by atoms with Crippen molar-refractivity contribution in [3.8, 4) is 6.07 Å². The normalized spacial score (nSPS) is 13.5. The monoisotopic (exact) mass is 330 g/mol. The van der Waals surface area contributed by atoms with Crippen molar-refractivity contribution in [3.63, 3.8) is 0 Å². The molecule has 6 nitrogen and oxygen atoms in total. The molecule has 21 heavy (non-hydrogen) atoms. The summed E-state index contributed by atoms with van der Waals surface area (Å²) < 4.78 is 26.6. The van der Waals surface area contributed by atoms with Crippen molar-refractivity contribution in [1.29, 1.82) is 5.26 Å². The average molecular weight is 331 g/mol. The molecule has 2 N–H and O–H groups in total. The smallest absolute Gasteiger partial charge is 0.322 e. The van der Waals surface area contributed by atoms with Gasteiger partial charge in [-0.2, -0.15) is 9.98 Å². The summed E-state index contributed by atoms with van der Waals surface area (Å²) in [6.07, 6.45) is 0. The van der Waals surface area contributed by atoms with Crippen LogP contribution in [-0.2, 0) is 14.8 Å². The van der Waals surface area contributed by atoms with Crippen LogP contribution in [0.2, 0.25) is 5.02 Å². The van der Waals surface area contributed by atoms with E-state index in [9.17, 15) is 13.2 Å². The van der Waals surface area contributed by atoms with E-state index in [1.165, 1.54) is 12.1 Å². The lowest BCUT2D eigenvalue weighted by Crippen LogP contribution is -2.48. The lowest BCUT2D eigenvalue weighted by molar-refractivity contribution is -0.141. The first-order chi connectivity index (χ1) is 9.49. The molecule has 1 atom stereocenters. The van der Waals surface area contributed by atoms with Crippen molar-refractivity contribution < 1.29 is 18.3 Å². The zero-order chi connectivity index (χ0) is 16.4. The number of nitrogens with one attached hydrogen (secondary N) is 1. The molecular weight excluding hydrogens is 316 g/mol. The zero-order valence-corrected chi connectivity index (χ0v) is 13.3. The molecule has 0 bridgehead atoms. The zero-order valence-electron chi connectivity index (χ0n) is 11.7. The summed E-state index contributed by atoms with van der Waals surface area (Å²) in [4.78, 5) is 11.0. The lowest BCUT2D eigenvalue weighted by Gasteiger charge is -2.27. The molecule has 0 aromatic heterocycles. The number of hydrogen-bond donors (Lipinski definition) is 2. The number of nitrogens with zero attached hydrogens (tertiary/aromatic N) is 1. The highest BCUT2D eigenvalue weighted by atomic mass is 35.5. The fraction of sp³-hybridized carbons (Fsp3) is 0.385. The van der Waals surface area contributed by atoms with Crippen LogP contribution in [0.25, 0.3) is 0 Å². The first-order valence-electron chi connectivity index (χ1n) is 5.94. The van der Waals surface area contributed by atoms with Crippen molar-refractivity contribution in [2.45, 2.75) is 31.7 Å². The maximum Gasteiger partial charge on any atom is 0.322 e. The highest BCUT2D eigenvalue weighted by Crippen LogP contribution is 2.24. The third-order valence-electron chi connectivity index (χ3n) is 2.76. The van der Waals surface area contributed by atoms with Gasteiger partial charge in [0.1, 0.15) is 12.1 Å². The molecule has 0 amide bonds.